The summed E-state index contributed by atoms with van der Waals surface area (Å²) in [4.78, 5) is 19.0. The van der Waals surface area contributed by atoms with Crippen molar-refractivity contribution < 1.29 is 0 Å². The fourth-order valence-corrected chi connectivity index (χ4v) is 3.98. The van der Waals surface area contributed by atoms with Crippen LogP contribution in [0.3, 0.4) is 0 Å². The number of pyridine rings is 3. The summed E-state index contributed by atoms with van der Waals surface area (Å²) in [6, 6.07) is 12.2. The Morgan fingerprint density at radius 3 is 2.73 bits per heavy atom. The maximum Gasteiger partial charge on any atom is 0.0928 e. The summed E-state index contributed by atoms with van der Waals surface area (Å²) in [6.45, 7) is 6.24. The molecule has 0 bridgehead atoms. The van der Waals surface area contributed by atoms with Crippen molar-refractivity contribution in [2.45, 2.75) is 13.3 Å². The fraction of sp³-hybridized carbons (Fsp3) is 0.304. The summed E-state index contributed by atoms with van der Waals surface area (Å²) < 4.78 is 0. The molecule has 1 aliphatic rings. The van der Waals surface area contributed by atoms with Crippen LogP contribution in [0, 0.1) is 6.92 Å². The van der Waals surface area contributed by atoms with E-state index in [1.807, 2.05) is 49.6 Å². The second-order valence-corrected chi connectivity index (χ2v) is 7.90. The highest BCUT2D eigenvalue weighted by atomic mass is 15.2. The Balaban J connectivity index is 1.52. The predicted molar refractivity (Wildman–Crippen MR) is 119 cm³/mol. The zero-order valence-corrected chi connectivity index (χ0v) is 17.3. The third kappa shape index (κ3) is 3.64. The lowest BCUT2D eigenvalue weighted by atomic mass is 10.1. The van der Waals surface area contributed by atoms with Crippen molar-refractivity contribution in [2.24, 2.45) is 0 Å². The van der Waals surface area contributed by atoms with E-state index >= 15 is 0 Å². The van der Waals surface area contributed by atoms with Crippen molar-refractivity contribution in [1.29, 1.82) is 0 Å². The molecular weight excluding hydrogens is 374 g/mol. The van der Waals surface area contributed by atoms with E-state index in [1.54, 1.807) is 0 Å². The normalized spacial score (nSPS) is 15.5. The Hall–Kier alpha value is -3.32. The van der Waals surface area contributed by atoms with Gasteiger partial charge in [0.05, 0.1) is 46.2 Å². The van der Waals surface area contributed by atoms with Gasteiger partial charge in [0.1, 0.15) is 0 Å². The number of rotatable bonds is 3. The van der Waals surface area contributed by atoms with Gasteiger partial charge in [-0.05, 0) is 57.3 Å². The maximum absolute atomic E-state index is 4.93. The van der Waals surface area contributed by atoms with Crippen molar-refractivity contribution in [3.63, 3.8) is 0 Å². The van der Waals surface area contributed by atoms with Gasteiger partial charge in [-0.15, -0.1) is 0 Å². The Morgan fingerprint density at radius 1 is 0.900 bits per heavy atom. The molecule has 0 atom stereocenters. The fourth-order valence-electron chi connectivity index (χ4n) is 3.98. The molecular formula is C23H25N7. The summed E-state index contributed by atoms with van der Waals surface area (Å²) in [5.74, 6) is 0. The van der Waals surface area contributed by atoms with Crippen molar-refractivity contribution in [1.82, 2.24) is 30.0 Å². The van der Waals surface area contributed by atoms with Crippen LogP contribution < -0.4 is 4.90 Å². The molecule has 5 heterocycles. The number of aryl methyl sites for hydroxylation is 1. The van der Waals surface area contributed by atoms with Crippen LogP contribution in [0.2, 0.25) is 0 Å². The average molecular weight is 400 g/mol. The molecule has 4 aromatic rings. The molecule has 0 radical (unpaired) electrons. The van der Waals surface area contributed by atoms with E-state index in [-0.39, 0.29) is 0 Å². The molecule has 7 heteroatoms. The molecule has 1 N–H and O–H groups in total. The van der Waals surface area contributed by atoms with Gasteiger partial charge in [-0.25, -0.2) is 4.98 Å². The van der Waals surface area contributed by atoms with Gasteiger partial charge in [-0.1, -0.05) is 6.07 Å². The molecule has 0 spiro atoms. The molecule has 0 aromatic carbocycles. The number of nitrogens with zero attached hydrogens (tertiary/aromatic N) is 6. The lowest BCUT2D eigenvalue weighted by Gasteiger charge is -2.22. The van der Waals surface area contributed by atoms with Crippen LogP contribution in [-0.4, -0.2) is 63.3 Å². The molecule has 30 heavy (non-hydrogen) atoms. The SMILES string of the molecule is Cc1cccc(-c2[nH]ncc2-c2ccc3ncc(N4CCCN(C)CC4)cc3n2)n1. The van der Waals surface area contributed by atoms with Crippen molar-refractivity contribution >= 4 is 16.7 Å². The maximum atomic E-state index is 4.93. The molecule has 0 unspecified atom stereocenters. The van der Waals surface area contributed by atoms with Gasteiger partial charge < -0.3 is 9.80 Å². The summed E-state index contributed by atoms with van der Waals surface area (Å²) in [5, 5.41) is 7.35. The van der Waals surface area contributed by atoms with Crippen molar-refractivity contribution in [3.8, 4) is 22.6 Å². The lowest BCUT2D eigenvalue weighted by molar-refractivity contribution is 0.360. The van der Waals surface area contributed by atoms with Gasteiger partial charge in [0.2, 0.25) is 0 Å². The largest absolute Gasteiger partial charge is 0.369 e. The number of likely N-dealkylation sites (N-methyl/N-ethyl adjacent to an activating group) is 1. The van der Waals surface area contributed by atoms with Crippen LogP contribution in [0.4, 0.5) is 5.69 Å². The number of hydrogen-bond donors (Lipinski definition) is 1. The summed E-state index contributed by atoms with van der Waals surface area (Å²) in [6.07, 6.45) is 4.94. The molecule has 0 saturated carbocycles. The number of H-pyrrole nitrogens is 1. The third-order valence-corrected chi connectivity index (χ3v) is 5.67. The average Bonchev–Trinajstić information content (AvgIpc) is 3.15. The Labute approximate surface area is 175 Å². The van der Waals surface area contributed by atoms with E-state index in [0.717, 1.165) is 77.7 Å². The van der Waals surface area contributed by atoms with Gasteiger partial charge in [-0.3, -0.25) is 15.1 Å². The summed E-state index contributed by atoms with van der Waals surface area (Å²) >= 11 is 0. The van der Waals surface area contributed by atoms with Gasteiger partial charge in [0, 0.05) is 30.9 Å². The smallest absolute Gasteiger partial charge is 0.0928 e. The van der Waals surface area contributed by atoms with Gasteiger partial charge in [0.15, 0.2) is 0 Å². The van der Waals surface area contributed by atoms with Gasteiger partial charge in [-0.2, -0.15) is 5.10 Å². The molecule has 1 fully saturated rings. The van der Waals surface area contributed by atoms with Crippen LogP contribution in [0.25, 0.3) is 33.7 Å². The highest BCUT2D eigenvalue weighted by Crippen LogP contribution is 2.29. The van der Waals surface area contributed by atoms with Crippen LogP contribution in [-0.2, 0) is 0 Å². The molecule has 0 amide bonds. The van der Waals surface area contributed by atoms with E-state index in [0.29, 0.717) is 0 Å². The number of nitrogens with one attached hydrogen (secondary N) is 1. The molecule has 7 nitrogen and oxygen atoms in total. The minimum Gasteiger partial charge on any atom is -0.369 e. The topological polar surface area (TPSA) is 73.8 Å². The zero-order valence-electron chi connectivity index (χ0n) is 17.3. The van der Waals surface area contributed by atoms with E-state index < -0.39 is 0 Å². The minimum absolute atomic E-state index is 0.865. The van der Waals surface area contributed by atoms with Crippen molar-refractivity contribution in [3.05, 3.63) is 54.5 Å². The van der Waals surface area contributed by atoms with Gasteiger partial charge >= 0.3 is 0 Å². The van der Waals surface area contributed by atoms with Crippen molar-refractivity contribution in [2.75, 3.05) is 38.1 Å². The Kier molecular flexibility index (Phi) is 4.88. The van der Waals surface area contributed by atoms with E-state index in [2.05, 4.69) is 43.1 Å². The summed E-state index contributed by atoms with van der Waals surface area (Å²) in [7, 11) is 2.18. The lowest BCUT2D eigenvalue weighted by Crippen LogP contribution is -2.28. The number of fused-ring (bicyclic) bond motifs is 1. The number of anilines is 1. The highest BCUT2D eigenvalue weighted by Gasteiger charge is 2.16. The van der Waals surface area contributed by atoms with Gasteiger partial charge in [0.25, 0.3) is 0 Å². The second kappa shape index (κ2) is 7.84. The van der Waals surface area contributed by atoms with Crippen LogP contribution in [0.5, 0.6) is 0 Å². The first-order valence-corrected chi connectivity index (χ1v) is 10.4. The molecule has 1 saturated heterocycles. The summed E-state index contributed by atoms with van der Waals surface area (Å²) in [5.41, 5.74) is 7.45. The first-order chi connectivity index (χ1) is 14.7. The quantitative estimate of drug-likeness (QED) is 0.568. The van der Waals surface area contributed by atoms with E-state index in [9.17, 15) is 0 Å². The monoisotopic (exact) mass is 399 g/mol. The highest BCUT2D eigenvalue weighted by molar-refractivity contribution is 5.84. The molecule has 1 aliphatic heterocycles. The van der Waals surface area contributed by atoms with E-state index in [1.165, 1.54) is 0 Å². The molecule has 0 aliphatic carbocycles. The second-order valence-electron chi connectivity index (χ2n) is 7.90. The molecule has 5 rings (SSSR count). The van der Waals surface area contributed by atoms with Crippen LogP contribution >= 0.6 is 0 Å². The predicted octanol–water partition coefficient (Wildman–Crippen LogP) is 3.53. The first-order valence-electron chi connectivity index (χ1n) is 10.4. The Bertz CT molecular complexity index is 1180. The number of aromatic nitrogens is 5. The molecule has 4 aromatic heterocycles. The number of hydrogen-bond acceptors (Lipinski definition) is 6. The van der Waals surface area contributed by atoms with E-state index in [4.69, 9.17) is 4.98 Å². The van der Waals surface area contributed by atoms with Crippen LogP contribution in [0.1, 0.15) is 12.1 Å². The zero-order chi connectivity index (χ0) is 20.5. The Morgan fingerprint density at radius 2 is 1.83 bits per heavy atom. The number of aromatic amines is 1. The van der Waals surface area contributed by atoms with Crippen LogP contribution in [0.15, 0.2) is 48.8 Å². The molecule has 152 valence electrons. The minimum atomic E-state index is 0.865. The third-order valence-electron chi connectivity index (χ3n) is 5.67. The standard InChI is InChI=1S/C23H25N7/c1-16-5-3-6-21(26-16)23-18(15-25-28-23)19-7-8-20-22(27-19)13-17(14-24-20)30-10-4-9-29(2)11-12-30/h3,5-8,13-15H,4,9-12H2,1-2H3,(H,25,28). The first kappa shape index (κ1) is 18.7.